The van der Waals surface area contributed by atoms with Gasteiger partial charge < -0.3 is 4.90 Å². The fourth-order valence-electron chi connectivity index (χ4n) is 4.13. The van der Waals surface area contributed by atoms with Gasteiger partial charge in [0.1, 0.15) is 0 Å². The molecule has 112 valence electrons. The molecule has 3 heteroatoms. The van der Waals surface area contributed by atoms with E-state index in [-0.39, 0.29) is 12.0 Å². The van der Waals surface area contributed by atoms with Crippen LogP contribution in [0, 0.1) is 29.1 Å². The summed E-state index contributed by atoms with van der Waals surface area (Å²) in [7, 11) is 0. The zero-order valence-electron chi connectivity index (χ0n) is 13.0. The second-order valence-corrected chi connectivity index (χ2v) is 6.85. The zero-order chi connectivity index (χ0) is 14.5. The highest BCUT2D eigenvalue weighted by Crippen LogP contribution is 2.43. The van der Waals surface area contributed by atoms with Crippen molar-refractivity contribution in [1.29, 1.82) is 5.26 Å². The number of carbonyl (C=O) groups is 1. The second kappa shape index (κ2) is 7.11. The van der Waals surface area contributed by atoms with Crippen molar-refractivity contribution < 1.29 is 4.79 Å². The third-order valence-corrected chi connectivity index (χ3v) is 5.26. The summed E-state index contributed by atoms with van der Waals surface area (Å²) < 4.78 is 0. The Morgan fingerprint density at radius 2 is 1.90 bits per heavy atom. The molecule has 2 rings (SSSR count). The fraction of sp³-hybridized carbons (Fsp3) is 0.882. The van der Waals surface area contributed by atoms with Gasteiger partial charge in [-0.3, -0.25) is 4.79 Å². The van der Waals surface area contributed by atoms with Gasteiger partial charge in [-0.15, -0.1) is 0 Å². The van der Waals surface area contributed by atoms with Gasteiger partial charge in [0, 0.05) is 18.5 Å². The van der Waals surface area contributed by atoms with Crippen molar-refractivity contribution in [1.82, 2.24) is 4.90 Å². The van der Waals surface area contributed by atoms with Crippen LogP contribution in [-0.4, -0.2) is 23.4 Å². The number of amides is 1. The molecule has 0 aliphatic heterocycles. The molecule has 3 unspecified atom stereocenters. The van der Waals surface area contributed by atoms with Crippen molar-refractivity contribution in [3.05, 3.63) is 0 Å². The highest BCUT2D eigenvalue weighted by molar-refractivity contribution is 5.79. The molecular formula is C17H28N2O. The van der Waals surface area contributed by atoms with Crippen LogP contribution in [0.5, 0.6) is 0 Å². The molecule has 2 fully saturated rings. The Labute approximate surface area is 123 Å². The lowest BCUT2D eigenvalue weighted by Gasteiger charge is -2.40. The summed E-state index contributed by atoms with van der Waals surface area (Å²) in [6.45, 7) is 4.71. The fourth-order valence-corrected chi connectivity index (χ4v) is 4.13. The number of carbonyl (C=O) groups excluding carboxylic acids is 1. The molecule has 0 heterocycles. The van der Waals surface area contributed by atoms with Crippen LogP contribution in [0.25, 0.3) is 0 Å². The maximum atomic E-state index is 12.7. The summed E-state index contributed by atoms with van der Waals surface area (Å²) in [4.78, 5) is 14.7. The SMILES string of the molecule is CC(C)N(CCC#N)C(=O)C1CCC2CCCCC2C1. The number of hydrogen-bond acceptors (Lipinski definition) is 2. The van der Waals surface area contributed by atoms with E-state index in [0.29, 0.717) is 18.9 Å². The third kappa shape index (κ3) is 3.53. The summed E-state index contributed by atoms with van der Waals surface area (Å²) in [6.07, 6.45) is 9.30. The lowest BCUT2D eigenvalue weighted by atomic mass is 9.67. The second-order valence-electron chi connectivity index (χ2n) is 6.85. The maximum absolute atomic E-state index is 12.7. The highest BCUT2D eigenvalue weighted by Gasteiger charge is 2.36. The van der Waals surface area contributed by atoms with Crippen LogP contribution in [0.4, 0.5) is 0 Å². The Hall–Kier alpha value is -1.04. The van der Waals surface area contributed by atoms with Gasteiger partial charge in [-0.1, -0.05) is 25.7 Å². The van der Waals surface area contributed by atoms with Crippen molar-refractivity contribution in [2.45, 2.75) is 71.3 Å². The minimum absolute atomic E-state index is 0.208. The van der Waals surface area contributed by atoms with Gasteiger partial charge in [-0.2, -0.15) is 5.26 Å². The van der Waals surface area contributed by atoms with E-state index in [0.717, 1.165) is 24.7 Å². The van der Waals surface area contributed by atoms with Gasteiger partial charge in [-0.05, 0) is 44.9 Å². The molecule has 20 heavy (non-hydrogen) atoms. The highest BCUT2D eigenvalue weighted by atomic mass is 16.2. The number of rotatable bonds is 4. The standard InChI is InChI=1S/C17H28N2O/c1-13(2)19(11-5-10-18)17(20)16-9-8-14-6-3-4-7-15(14)12-16/h13-16H,3-9,11-12H2,1-2H3. The lowest BCUT2D eigenvalue weighted by Crippen LogP contribution is -2.44. The van der Waals surface area contributed by atoms with Gasteiger partial charge in [0.25, 0.3) is 0 Å². The summed E-state index contributed by atoms with van der Waals surface area (Å²) in [5.74, 6) is 2.20. The summed E-state index contributed by atoms with van der Waals surface area (Å²) in [5.41, 5.74) is 0. The number of hydrogen-bond donors (Lipinski definition) is 0. The van der Waals surface area contributed by atoms with E-state index in [9.17, 15) is 4.79 Å². The predicted octanol–water partition coefficient (Wildman–Crippen LogP) is 3.74. The molecule has 0 N–H and O–H groups in total. The van der Waals surface area contributed by atoms with Gasteiger partial charge in [0.05, 0.1) is 12.5 Å². The molecule has 2 aliphatic carbocycles. The maximum Gasteiger partial charge on any atom is 0.225 e. The van der Waals surface area contributed by atoms with Crippen molar-refractivity contribution in [2.75, 3.05) is 6.54 Å². The number of fused-ring (bicyclic) bond motifs is 1. The number of nitriles is 1. The predicted molar refractivity (Wildman–Crippen MR) is 79.9 cm³/mol. The largest absolute Gasteiger partial charge is 0.339 e. The minimum Gasteiger partial charge on any atom is -0.339 e. The molecular weight excluding hydrogens is 248 g/mol. The van der Waals surface area contributed by atoms with E-state index >= 15 is 0 Å². The Bertz CT molecular complexity index is 372. The lowest BCUT2D eigenvalue weighted by molar-refractivity contribution is -0.139. The first-order valence-corrected chi connectivity index (χ1v) is 8.31. The smallest absolute Gasteiger partial charge is 0.225 e. The molecule has 1 amide bonds. The third-order valence-electron chi connectivity index (χ3n) is 5.26. The first-order chi connectivity index (χ1) is 9.63. The van der Waals surface area contributed by atoms with Crippen LogP contribution < -0.4 is 0 Å². The summed E-state index contributed by atoms with van der Waals surface area (Å²) in [5, 5.41) is 8.76. The van der Waals surface area contributed by atoms with Crippen LogP contribution in [0.1, 0.15) is 65.2 Å². The first kappa shape index (κ1) is 15.4. The van der Waals surface area contributed by atoms with Gasteiger partial charge in [-0.25, -0.2) is 0 Å². The van der Waals surface area contributed by atoms with Gasteiger partial charge in [0.15, 0.2) is 0 Å². The van der Waals surface area contributed by atoms with E-state index in [4.69, 9.17) is 5.26 Å². The average Bonchev–Trinajstić information content (AvgIpc) is 2.46. The van der Waals surface area contributed by atoms with Crippen LogP contribution in [0.15, 0.2) is 0 Å². The quantitative estimate of drug-likeness (QED) is 0.785. The topological polar surface area (TPSA) is 44.1 Å². The molecule has 0 spiro atoms. The molecule has 2 saturated carbocycles. The Morgan fingerprint density at radius 3 is 2.55 bits per heavy atom. The van der Waals surface area contributed by atoms with Crippen LogP contribution in [0.3, 0.4) is 0 Å². The Kier molecular flexibility index (Phi) is 5.46. The van der Waals surface area contributed by atoms with Crippen molar-refractivity contribution in [3.63, 3.8) is 0 Å². The van der Waals surface area contributed by atoms with E-state index < -0.39 is 0 Å². The van der Waals surface area contributed by atoms with Crippen LogP contribution in [-0.2, 0) is 4.79 Å². The molecule has 0 radical (unpaired) electrons. The molecule has 0 aromatic carbocycles. The summed E-state index contributed by atoms with van der Waals surface area (Å²) >= 11 is 0. The van der Waals surface area contributed by atoms with E-state index in [2.05, 4.69) is 19.9 Å². The molecule has 0 bridgehead atoms. The van der Waals surface area contributed by atoms with Crippen LogP contribution >= 0.6 is 0 Å². The molecule has 3 atom stereocenters. The summed E-state index contributed by atoms with van der Waals surface area (Å²) in [6, 6.07) is 2.37. The van der Waals surface area contributed by atoms with E-state index in [1.807, 2.05) is 4.90 Å². The van der Waals surface area contributed by atoms with Crippen LogP contribution in [0.2, 0.25) is 0 Å². The van der Waals surface area contributed by atoms with Gasteiger partial charge >= 0.3 is 0 Å². The van der Waals surface area contributed by atoms with E-state index in [1.165, 1.54) is 32.1 Å². The van der Waals surface area contributed by atoms with Crippen molar-refractivity contribution in [2.24, 2.45) is 17.8 Å². The average molecular weight is 276 g/mol. The zero-order valence-corrected chi connectivity index (χ0v) is 13.0. The molecule has 0 saturated heterocycles. The molecule has 0 aromatic rings. The normalized spacial score (nSPS) is 29.6. The monoisotopic (exact) mass is 276 g/mol. The molecule has 0 aromatic heterocycles. The molecule has 3 nitrogen and oxygen atoms in total. The van der Waals surface area contributed by atoms with E-state index in [1.54, 1.807) is 0 Å². The molecule has 2 aliphatic rings. The van der Waals surface area contributed by atoms with Crippen molar-refractivity contribution in [3.8, 4) is 6.07 Å². The first-order valence-electron chi connectivity index (χ1n) is 8.31. The minimum atomic E-state index is 0.208. The van der Waals surface area contributed by atoms with Gasteiger partial charge in [0.2, 0.25) is 5.91 Å². The Balaban J connectivity index is 1.95. The Morgan fingerprint density at radius 1 is 1.20 bits per heavy atom. The number of nitrogens with zero attached hydrogens (tertiary/aromatic N) is 2. The van der Waals surface area contributed by atoms with Crippen molar-refractivity contribution >= 4 is 5.91 Å².